The van der Waals surface area contributed by atoms with Crippen molar-refractivity contribution < 1.29 is 28.6 Å². The Balaban J connectivity index is 3.90. The highest BCUT2D eigenvalue weighted by atomic mass is 16.6. The van der Waals surface area contributed by atoms with E-state index in [0.29, 0.717) is 19.3 Å². The van der Waals surface area contributed by atoms with Gasteiger partial charge in [-0.15, -0.1) is 0 Å². The average Bonchev–Trinajstić information content (AvgIpc) is 3.43. The summed E-state index contributed by atoms with van der Waals surface area (Å²) in [5, 5.41) is 0. The van der Waals surface area contributed by atoms with Gasteiger partial charge in [0.25, 0.3) is 0 Å². The molecule has 1 unspecified atom stereocenters. The third-order valence-electron chi connectivity index (χ3n) is 15.0. The lowest BCUT2D eigenvalue weighted by molar-refractivity contribution is -0.167. The first kappa shape index (κ1) is 74.1. The third-order valence-corrected chi connectivity index (χ3v) is 15.0. The van der Waals surface area contributed by atoms with E-state index < -0.39 is 6.10 Å². The third kappa shape index (κ3) is 63.8. The molecule has 0 saturated heterocycles. The molecule has 0 aliphatic rings. The van der Waals surface area contributed by atoms with E-state index in [-0.39, 0.29) is 31.1 Å². The molecule has 448 valence electrons. The molecule has 0 radical (unpaired) electrons. The molecule has 0 fully saturated rings. The summed E-state index contributed by atoms with van der Waals surface area (Å²) in [5.74, 6) is -0.918. The lowest BCUT2D eigenvalue weighted by Crippen LogP contribution is -2.30. The van der Waals surface area contributed by atoms with Crippen LogP contribution in [-0.4, -0.2) is 37.2 Å². The Kier molecular flexibility index (Phi) is 63.2. The molecule has 0 saturated carbocycles. The Bertz CT molecular complexity index is 1380. The Morgan fingerprint density at radius 1 is 0.273 bits per heavy atom. The highest BCUT2D eigenvalue weighted by molar-refractivity contribution is 5.71. The van der Waals surface area contributed by atoms with E-state index in [0.717, 1.165) is 103 Å². The normalized spacial score (nSPS) is 12.4. The molecular formula is C71H128O6. The molecule has 0 aliphatic heterocycles. The number of allylic oxidation sites excluding steroid dienone is 10. The summed E-state index contributed by atoms with van der Waals surface area (Å²) in [7, 11) is 0. The molecule has 0 N–H and O–H groups in total. The second-order valence-electron chi connectivity index (χ2n) is 22.7. The smallest absolute Gasteiger partial charge is 0.306 e. The summed E-state index contributed by atoms with van der Waals surface area (Å²) in [5.41, 5.74) is 0. The molecule has 0 aliphatic carbocycles. The minimum atomic E-state index is -0.787. The molecule has 0 spiro atoms. The minimum absolute atomic E-state index is 0.0852. The Hall–Kier alpha value is -2.89. The van der Waals surface area contributed by atoms with Gasteiger partial charge in [-0.05, 0) is 64.2 Å². The molecule has 77 heavy (non-hydrogen) atoms. The average molecular weight is 1080 g/mol. The van der Waals surface area contributed by atoms with Gasteiger partial charge in [-0.25, -0.2) is 0 Å². The van der Waals surface area contributed by atoms with Crippen LogP contribution in [0.1, 0.15) is 355 Å². The highest BCUT2D eigenvalue weighted by Gasteiger charge is 2.19. The van der Waals surface area contributed by atoms with Gasteiger partial charge in [0.15, 0.2) is 6.10 Å². The van der Waals surface area contributed by atoms with E-state index >= 15 is 0 Å². The van der Waals surface area contributed by atoms with Crippen LogP contribution in [0.2, 0.25) is 0 Å². The largest absolute Gasteiger partial charge is 0.462 e. The van der Waals surface area contributed by atoms with E-state index in [1.807, 2.05) is 0 Å². The zero-order chi connectivity index (χ0) is 55.7. The Morgan fingerprint density at radius 3 is 0.792 bits per heavy atom. The predicted molar refractivity (Wildman–Crippen MR) is 335 cm³/mol. The summed E-state index contributed by atoms with van der Waals surface area (Å²) in [6, 6.07) is 0. The van der Waals surface area contributed by atoms with Gasteiger partial charge in [-0.2, -0.15) is 0 Å². The Labute approximate surface area is 479 Å². The van der Waals surface area contributed by atoms with Crippen molar-refractivity contribution in [3.05, 3.63) is 60.8 Å². The van der Waals surface area contributed by atoms with Crippen molar-refractivity contribution in [2.45, 2.75) is 361 Å². The molecule has 6 nitrogen and oxygen atoms in total. The summed E-state index contributed by atoms with van der Waals surface area (Å²) >= 11 is 0. The minimum Gasteiger partial charge on any atom is -0.462 e. The zero-order valence-corrected chi connectivity index (χ0v) is 51.5. The first-order valence-electron chi connectivity index (χ1n) is 33.8. The number of esters is 3. The number of hydrogen-bond acceptors (Lipinski definition) is 6. The molecule has 0 rings (SSSR count). The van der Waals surface area contributed by atoms with Crippen molar-refractivity contribution in [3.8, 4) is 0 Å². The molecule has 0 heterocycles. The highest BCUT2D eigenvalue weighted by Crippen LogP contribution is 2.18. The second-order valence-corrected chi connectivity index (χ2v) is 22.7. The van der Waals surface area contributed by atoms with Gasteiger partial charge in [0.2, 0.25) is 0 Å². The molecule has 0 aromatic heterocycles. The Morgan fingerprint density at radius 2 is 0.506 bits per heavy atom. The molecule has 0 aromatic carbocycles. The standard InChI is InChI=1S/C71H128O6/c1-4-7-10-13-15-17-19-21-23-25-27-28-29-30-31-32-33-34-35-36-37-38-39-40-41-42-44-45-47-49-51-53-55-58-61-64-70(73)76-67-68(66-75-69(72)63-60-57-12-9-6-3)77-71(74)65-62-59-56-54-52-50-48-46-43-26-24-22-20-18-16-14-11-8-5-2/h8,11,16,18,22,24,43,46,50,52,68H,4-7,9-10,12-15,17,19-21,23,25-42,44-45,47-49,51,53-67H2,1-3H3/b11-8-,18-16-,24-22-,46-43-,52-50-. The number of carbonyl (C=O) groups excluding carboxylic acids is 3. The maximum atomic E-state index is 12.8. The molecule has 6 heteroatoms. The molecule has 0 bridgehead atoms. The summed E-state index contributed by atoms with van der Waals surface area (Å²) < 4.78 is 16.7. The predicted octanol–water partition coefficient (Wildman–Crippen LogP) is 23.1. The molecular weight excluding hydrogens is 949 g/mol. The lowest BCUT2D eigenvalue weighted by Gasteiger charge is -2.18. The van der Waals surface area contributed by atoms with Crippen LogP contribution >= 0.6 is 0 Å². The number of unbranched alkanes of at least 4 members (excludes halogenated alkanes) is 41. The van der Waals surface area contributed by atoms with Crippen molar-refractivity contribution in [3.63, 3.8) is 0 Å². The molecule has 0 aromatic rings. The van der Waals surface area contributed by atoms with Crippen molar-refractivity contribution in [1.82, 2.24) is 0 Å². The quantitative estimate of drug-likeness (QED) is 0.0261. The van der Waals surface area contributed by atoms with E-state index in [4.69, 9.17) is 14.2 Å². The van der Waals surface area contributed by atoms with E-state index in [9.17, 15) is 14.4 Å². The first-order chi connectivity index (χ1) is 38.0. The fourth-order valence-electron chi connectivity index (χ4n) is 10.0. The van der Waals surface area contributed by atoms with Crippen LogP contribution in [0.5, 0.6) is 0 Å². The van der Waals surface area contributed by atoms with E-state index in [1.165, 1.54) is 212 Å². The maximum absolute atomic E-state index is 12.8. The van der Waals surface area contributed by atoms with Gasteiger partial charge in [-0.1, -0.05) is 332 Å². The SMILES string of the molecule is CC/C=C\C/C=C\C/C=C\C/C=C\C/C=C\CCCCCC(=O)OC(COC(=O)CCCCCCC)COC(=O)CCCCCCCCCCCCCCCCCCCCCCCCCCCCCCCCCCCCC. The number of carbonyl (C=O) groups is 3. The second kappa shape index (κ2) is 65.6. The number of ether oxygens (including phenoxy) is 3. The summed E-state index contributed by atoms with van der Waals surface area (Å²) in [6.07, 6.45) is 84.7. The van der Waals surface area contributed by atoms with Crippen LogP contribution in [0.15, 0.2) is 60.8 Å². The van der Waals surface area contributed by atoms with Crippen molar-refractivity contribution >= 4 is 17.9 Å². The van der Waals surface area contributed by atoms with Gasteiger partial charge in [-0.3, -0.25) is 14.4 Å². The zero-order valence-electron chi connectivity index (χ0n) is 51.5. The maximum Gasteiger partial charge on any atom is 0.306 e. The fraction of sp³-hybridized carbons (Fsp3) is 0.817. The number of rotatable bonds is 62. The topological polar surface area (TPSA) is 78.9 Å². The lowest BCUT2D eigenvalue weighted by atomic mass is 10.0. The van der Waals surface area contributed by atoms with Crippen LogP contribution in [0.25, 0.3) is 0 Å². The van der Waals surface area contributed by atoms with Crippen LogP contribution in [0.4, 0.5) is 0 Å². The number of hydrogen-bond donors (Lipinski definition) is 0. The summed E-state index contributed by atoms with van der Waals surface area (Å²) in [4.78, 5) is 37.9. The first-order valence-corrected chi connectivity index (χ1v) is 33.8. The van der Waals surface area contributed by atoms with Crippen molar-refractivity contribution in [1.29, 1.82) is 0 Å². The molecule has 1 atom stereocenters. The fourth-order valence-corrected chi connectivity index (χ4v) is 10.0. The van der Waals surface area contributed by atoms with Crippen molar-refractivity contribution in [2.75, 3.05) is 13.2 Å². The van der Waals surface area contributed by atoms with Crippen LogP contribution in [-0.2, 0) is 28.6 Å². The van der Waals surface area contributed by atoms with Gasteiger partial charge < -0.3 is 14.2 Å². The molecule has 0 amide bonds. The van der Waals surface area contributed by atoms with Crippen LogP contribution in [0, 0.1) is 0 Å². The van der Waals surface area contributed by atoms with Gasteiger partial charge >= 0.3 is 17.9 Å². The summed E-state index contributed by atoms with van der Waals surface area (Å²) in [6.45, 7) is 6.46. The van der Waals surface area contributed by atoms with Gasteiger partial charge in [0.05, 0.1) is 0 Å². The van der Waals surface area contributed by atoms with Gasteiger partial charge in [0.1, 0.15) is 13.2 Å². The van der Waals surface area contributed by atoms with E-state index in [1.54, 1.807) is 0 Å². The van der Waals surface area contributed by atoms with Crippen LogP contribution < -0.4 is 0 Å². The van der Waals surface area contributed by atoms with E-state index in [2.05, 4.69) is 81.5 Å². The van der Waals surface area contributed by atoms with Gasteiger partial charge in [0, 0.05) is 19.3 Å². The van der Waals surface area contributed by atoms with Crippen molar-refractivity contribution in [2.24, 2.45) is 0 Å². The van der Waals surface area contributed by atoms with Crippen LogP contribution in [0.3, 0.4) is 0 Å². The monoisotopic (exact) mass is 1080 g/mol.